The molecule has 0 N–H and O–H groups in total. The SMILES string of the molecule is COCCCS(=O)(=O)N(C)CC(C)Cl. The predicted molar refractivity (Wildman–Crippen MR) is 58.2 cm³/mol. The Balaban J connectivity index is 4.04. The van der Waals surface area contributed by atoms with Gasteiger partial charge in [-0.25, -0.2) is 12.7 Å². The summed E-state index contributed by atoms with van der Waals surface area (Å²) in [6.45, 7) is 2.57. The fourth-order valence-corrected chi connectivity index (χ4v) is 2.54. The van der Waals surface area contributed by atoms with Crippen LogP contribution < -0.4 is 0 Å². The lowest BCUT2D eigenvalue weighted by Gasteiger charge is -2.17. The minimum Gasteiger partial charge on any atom is -0.385 e. The molecule has 0 aliphatic heterocycles. The highest BCUT2D eigenvalue weighted by Gasteiger charge is 2.18. The minimum atomic E-state index is -3.16. The van der Waals surface area contributed by atoms with Crippen molar-refractivity contribution in [2.24, 2.45) is 0 Å². The summed E-state index contributed by atoms with van der Waals surface area (Å²) in [5.74, 6) is 0.112. The van der Waals surface area contributed by atoms with Crippen molar-refractivity contribution in [1.29, 1.82) is 0 Å². The van der Waals surface area contributed by atoms with Gasteiger partial charge in [0.05, 0.1) is 5.75 Å². The van der Waals surface area contributed by atoms with E-state index >= 15 is 0 Å². The predicted octanol–water partition coefficient (Wildman–Crippen LogP) is 0.912. The molecule has 0 aliphatic carbocycles. The van der Waals surface area contributed by atoms with Gasteiger partial charge in [-0.15, -0.1) is 11.6 Å². The van der Waals surface area contributed by atoms with Crippen molar-refractivity contribution < 1.29 is 13.2 Å². The number of nitrogens with zero attached hydrogens (tertiary/aromatic N) is 1. The van der Waals surface area contributed by atoms with Crippen LogP contribution in [-0.2, 0) is 14.8 Å². The maximum Gasteiger partial charge on any atom is 0.213 e. The Bertz CT molecular complexity index is 241. The average Bonchev–Trinajstić information content (AvgIpc) is 2.03. The molecule has 0 saturated heterocycles. The number of halogens is 1. The Hall–Kier alpha value is 0.160. The molecule has 14 heavy (non-hydrogen) atoms. The summed E-state index contributed by atoms with van der Waals surface area (Å²) >= 11 is 5.71. The van der Waals surface area contributed by atoms with Gasteiger partial charge < -0.3 is 4.74 Å². The Kier molecular flexibility index (Phi) is 6.68. The Morgan fingerprint density at radius 1 is 1.50 bits per heavy atom. The lowest BCUT2D eigenvalue weighted by Crippen LogP contribution is -2.33. The molecule has 1 atom stereocenters. The van der Waals surface area contributed by atoms with E-state index in [2.05, 4.69) is 0 Å². The van der Waals surface area contributed by atoms with Crippen molar-refractivity contribution in [3.05, 3.63) is 0 Å². The van der Waals surface area contributed by atoms with Gasteiger partial charge in [0.1, 0.15) is 0 Å². The average molecular weight is 244 g/mol. The Morgan fingerprint density at radius 2 is 2.07 bits per heavy atom. The van der Waals surface area contributed by atoms with Crippen molar-refractivity contribution in [2.45, 2.75) is 18.7 Å². The molecular formula is C8H18ClNO3S. The van der Waals surface area contributed by atoms with Crippen LogP contribution in [0.15, 0.2) is 0 Å². The molecule has 0 aromatic carbocycles. The highest BCUT2D eigenvalue weighted by Crippen LogP contribution is 2.04. The molecular weight excluding hydrogens is 226 g/mol. The Morgan fingerprint density at radius 3 is 2.50 bits per heavy atom. The van der Waals surface area contributed by atoms with Crippen LogP contribution in [0.5, 0.6) is 0 Å². The van der Waals surface area contributed by atoms with Crippen molar-refractivity contribution in [3.63, 3.8) is 0 Å². The number of rotatable bonds is 7. The maximum absolute atomic E-state index is 11.6. The summed E-state index contributed by atoms with van der Waals surface area (Å²) in [5.41, 5.74) is 0. The van der Waals surface area contributed by atoms with Crippen LogP contribution in [0.25, 0.3) is 0 Å². The normalized spacial score (nSPS) is 14.6. The molecule has 86 valence electrons. The van der Waals surface area contributed by atoms with Crippen molar-refractivity contribution >= 4 is 21.6 Å². The van der Waals surface area contributed by atoms with E-state index < -0.39 is 10.0 Å². The van der Waals surface area contributed by atoms with E-state index in [1.165, 1.54) is 4.31 Å². The van der Waals surface area contributed by atoms with Gasteiger partial charge in [-0.05, 0) is 13.3 Å². The van der Waals surface area contributed by atoms with E-state index in [1.54, 1.807) is 21.1 Å². The van der Waals surface area contributed by atoms with Gasteiger partial charge >= 0.3 is 0 Å². The van der Waals surface area contributed by atoms with E-state index in [4.69, 9.17) is 16.3 Å². The lowest BCUT2D eigenvalue weighted by atomic mass is 10.5. The van der Waals surface area contributed by atoms with Crippen LogP contribution in [0, 0.1) is 0 Å². The molecule has 0 fully saturated rings. The smallest absolute Gasteiger partial charge is 0.213 e. The first kappa shape index (κ1) is 14.2. The second kappa shape index (κ2) is 6.61. The second-order valence-corrected chi connectivity index (χ2v) is 6.16. The number of hydrogen-bond acceptors (Lipinski definition) is 3. The number of hydrogen-bond donors (Lipinski definition) is 0. The van der Waals surface area contributed by atoms with E-state index in [0.717, 1.165) is 0 Å². The summed E-state index contributed by atoms with van der Waals surface area (Å²) in [5, 5.41) is -0.169. The first-order valence-electron chi connectivity index (χ1n) is 4.47. The van der Waals surface area contributed by atoms with E-state index in [-0.39, 0.29) is 11.1 Å². The first-order chi connectivity index (χ1) is 6.40. The van der Waals surface area contributed by atoms with Gasteiger partial charge in [-0.3, -0.25) is 0 Å². The quantitative estimate of drug-likeness (QED) is 0.493. The summed E-state index contributed by atoms with van der Waals surface area (Å²) in [6, 6.07) is 0. The maximum atomic E-state index is 11.6. The molecule has 4 nitrogen and oxygen atoms in total. The van der Waals surface area contributed by atoms with Gasteiger partial charge in [0.2, 0.25) is 10.0 Å². The molecule has 0 aliphatic rings. The van der Waals surface area contributed by atoms with Crippen LogP contribution in [-0.4, -0.2) is 51.2 Å². The zero-order valence-electron chi connectivity index (χ0n) is 8.86. The van der Waals surface area contributed by atoms with Crippen LogP contribution in [0.2, 0.25) is 0 Å². The van der Waals surface area contributed by atoms with Gasteiger partial charge in [0.25, 0.3) is 0 Å². The van der Waals surface area contributed by atoms with Crippen LogP contribution >= 0.6 is 11.6 Å². The highest BCUT2D eigenvalue weighted by molar-refractivity contribution is 7.89. The fourth-order valence-electron chi connectivity index (χ4n) is 1.01. The molecule has 0 bridgehead atoms. The van der Waals surface area contributed by atoms with Gasteiger partial charge in [-0.2, -0.15) is 0 Å². The lowest BCUT2D eigenvalue weighted by molar-refractivity contribution is 0.199. The molecule has 0 aromatic rings. The van der Waals surface area contributed by atoms with E-state index in [9.17, 15) is 8.42 Å². The topological polar surface area (TPSA) is 46.6 Å². The molecule has 0 saturated carbocycles. The van der Waals surface area contributed by atoms with Crippen molar-refractivity contribution in [3.8, 4) is 0 Å². The second-order valence-electron chi connectivity index (χ2n) is 3.22. The molecule has 6 heteroatoms. The molecule has 0 radical (unpaired) electrons. The summed E-state index contributed by atoms with van der Waals surface area (Å²) < 4.78 is 29.2. The minimum absolute atomic E-state index is 0.112. The first-order valence-corrected chi connectivity index (χ1v) is 6.51. The van der Waals surface area contributed by atoms with Gasteiger partial charge in [-0.1, -0.05) is 0 Å². The van der Waals surface area contributed by atoms with Crippen molar-refractivity contribution in [1.82, 2.24) is 4.31 Å². The monoisotopic (exact) mass is 243 g/mol. The number of sulfonamides is 1. The Labute approximate surface area is 91.2 Å². The number of alkyl halides is 1. The molecule has 0 rings (SSSR count). The third-order valence-corrected chi connectivity index (χ3v) is 3.78. The zero-order valence-corrected chi connectivity index (χ0v) is 10.4. The van der Waals surface area contributed by atoms with E-state index in [1.807, 2.05) is 0 Å². The molecule has 0 spiro atoms. The van der Waals surface area contributed by atoms with Gasteiger partial charge in [0.15, 0.2) is 0 Å². The zero-order chi connectivity index (χ0) is 11.2. The van der Waals surface area contributed by atoms with Crippen LogP contribution in [0.1, 0.15) is 13.3 Å². The van der Waals surface area contributed by atoms with E-state index in [0.29, 0.717) is 19.6 Å². The molecule has 0 aromatic heterocycles. The number of ether oxygens (including phenoxy) is 1. The largest absolute Gasteiger partial charge is 0.385 e. The fraction of sp³-hybridized carbons (Fsp3) is 1.00. The highest BCUT2D eigenvalue weighted by atomic mass is 35.5. The third kappa shape index (κ3) is 5.80. The molecule has 0 heterocycles. The van der Waals surface area contributed by atoms with Crippen LogP contribution in [0.3, 0.4) is 0 Å². The summed E-state index contributed by atoms with van der Waals surface area (Å²) in [7, 11) is -0.0633. The molecule has 0 amide bonds. The standard InChI is InChI=1S/C8H18ClNO3S/c1-8(9)7-10(2)14(11,12)6-4-5-13-3/h8H,4-7H2,1-3H3. The van der Waals surface area contributed by atoms with Crippen LogP contribution in [0.4, 0.5) is 0 Å². The number of methoxy groups -OCH3 is 1. The summed E-state index contributed by atoms with van der Waals surface area (Å²) in [6.07, 6.45) is 0.514. The third-order valence-electron chi connectivity index (χ3n) is 1.73. The van der Waals surface area contributed by atoms with Gasteiger partial charge in [0, 0.05) is 32.7 Å². The van der Waals surface area contributed by atoms with Crippen molar-refractivity contribution in [2.75, 3.05) is 33.1 Å². The molecule has 1 unspecified atom stereocenters. The summed E-state index contributed by atoms with van der Waals surface area (Å²) in [4.78, 5) is 0.